The van der Waals surface area contributed by atoms with Gasteiger partial charge in [-0.2, -0.15) is 0 Å². The van der Waals surface area contributed by atoms with Crippen LogP contribution in [0.2, 0.25) is 10.0 Å². The summed E-state index contributed by atoms with van der Waals surface area (Å²) >= 11 is 11.9. The number of carbonyl (C=O) groups excluding carboxylic acids is 1. The standard InChI is InChI=1S/C13H16Cl2N2O.ClH/c14-10-3-1-9(12(15)7-10)2-4-13(18)17-11-5-6-16-8-11;/h1,3,7,11,16H,2,4-6,8H2,(H,17,18);1H. The van der Waals surface area contributed by atoms with Crippen LogP contribution < -0.4 is 10.6 Å². The zero-order valence-corrected chi connectivity index (χ0v) is 12.7. The molecule has 106 valence electrons. The number of rotatable bonds is 4. The minimum atomic E-state index is 0. The fourth-order valence-electron chi connectivity index (χ4n) is 2.05. The lowest BCUT2D eigenvalue weighted by atomic mass is 10.1. The first-order chi connectivity index (χ1) is 8.65. The van der Waals surface area contributed by atoms with Crippen LogP contribution in [0.3, 0.4) is 0 Å². The SMILES string of the molecule is Cl.O=C(CCc1ccc(Cl)cc1Cl)NC1CCNC1. The maximum absolute atomic E-state index is 11.7. The van der Waals surface area contributed by atoms with Gasteiger partial charge in [-0.15, -0.1) is 12.4 Å². The first kappa shape index (κ1) is 16.6. The number of benzene rings is 1. The smallest absolute Gasteiger partial charge is 0.220 e. The number of halogens is 3. The van der Waals surface area contributed by atoms with E-state index < -0.39 is 0 Å². The Balaban J connectivity index is 0.00000180. The summed E-state index contributed by atoms with van der Waals surface area (Å²) in [7, 11) is 0. The van der Waals surface area contributed by atoms with Gasteiger partial charge in [0, 0.05) is 29.1 Å². The molecule has 0 saturated carbocycles. The van der Waals surface area contributed by atoms with E-state index in [1.165, 1.54) is 0 Å². The molecule has 0 aliphatic carbocycles. The summed E-state index contributed by atoms with van der Waals surface area (Å²) in [6, 6.07) is 5.65. The average molecular weight is 324 g/mol. The second-order valence-corrected chi connectivity index (χ2v) is 5.34. The Hall–Kier alpha value is -0.480. The van der Waals surface area contributed by atoms with Crippen LogP contribution in [0, 0.1) is 0 Å². The van der Waals surface area contributed by atoms with E-state index in [1.54, 1.807) is 12.1 Å². The van der Waals surface area contributed by atoms with Crippen LogP contribution in [0.4, 0.5) is 0 Å². The highest BCUT2D eigenvalue weighted by Crippen LogP contribution is 2.22. The monoisotopic (exact) mass is 322 g/mol. The Morgan fingerprint density at radius 3 is 2.84 bits per heavy atom. The topological polar surface area (TPSA) is 41.1 Å². The van der Waals surface area contributed by atoms with Gasteiger partial charge in [-0.3, -0.25) is 4.79 Å². The Kier molecular flexibility index (Phi) is 6.94. The van der Waals surface area contributed by atoms with Crippen molar-refractivity contribution in [2.45, 2.75) is 25.3 Å². The summed E-state index contributed by atoms with van der Waals surface area (Å²) in [6.07, 6.45) is 2.10. The fourth-order valence-corrected chi connectivity index (χ4v) is 2.55. The highest BCUT2D eigenvalue weighted by Gasteiger charge is 2.16. The lowest BCUT2D eigenvalue weighted by Gasteiger charge is -2.11. The largest absolute Gasteiger partial charge is 0.352 e. The summed E-state index contributed by atoms with van der Waals surface area (Å²) in [6.45, 7) is 1.85. The summed E-state index contributed by atoms with van der Waals surface area (Å²) < 4.78 is 0. The van der Waals surface area contributed by atoms with Crippen LogP contribution in [-0.2, 0) is 11.2 Å². The quantitative estimate of drug-likeness (QED) is 0.894. The molecule has 1 aliphatic heterocycles. The zero-order chi connectivity index (χ0) is 13.0. The van der Waals surface area contributed by atoms with Crippen LogP contribution in [-0.4, -0.2) is 25.0 Å². The van der Waals surface area contributed by atoms with Crippen molar-refractivity contribution in [3.63, 3.8) is 0 Å². The first-order valence-corrected chi connectivity index (χ1v) is 6.85. The molecule has 1 unspecified atom stereocenters. The van der Waals surface area contributed by atoms with E-state index in [4.69, 9.17) is 23.2 Å². The minimum Gasteiger partial charge on any atom is -0.352 e. The number of hydrogen-bond acceptors (Lipinski definition) is 2. The van der Waals surface area contributed by atoms with Gasteiger partial charge in [0.15, 0.2) is 0 Å². The highest BCUT2D eigenvalue weighted by molar-refractivity contribution is 6.35. The van der Waals surface area contributed by atoms with Crippen molar-refractivity contribution in [1.82, 2.24) is 10.6 Å². The molecule has 1 heterocycles. The Morgan fingerprint density at radius 2 is 2.21 bits per heavy atom. The van der Waals surface area contributed by atoms with Crippen LogP contribution in [0.15, 0.2) is 18.2 Å². The van der Waals surface area contributed by atoms with Gasteiger partial charge in [0.1, 0.15) is 0 Å². The molecule has 1 fully saturated rings. The molecule has 0 bridgehead atoms. The van der Waals surface area contributed by atoms with Crippen LogP contribution in [0.25, 0.3) is 0 Å². The van der Waals surface area contributed by atoms with Crippen molar-refractivity contribution in [3.8, 4) is 0 Å². The van der Waals surface area contributed by atoms with E-state index in [0.29, 0.717) is 22.9 Å². The van der Waals surface area contributed by atoms with Gasteiger partial charge in [-0.25, -0.2) is 0 Å². The summed E-state index contributed by atoms with van der Waals surface area (Å²) in [5, 5.41) is 7.46. The molecule has 1 amide bonds. The molecule has 0 radical (unpaired) electrons. The van der Waals surface area contributed by atoms with Crippen molar-refractivity contribution in [2.75, 3.05) is 13.1 Å². The molecule has 2 N–H and O–H groups in total. The van der Waals surface area contributed by atoms with Crippen molar-refractivity contribution in [2.24, 2.45) is 0 Å². The molecule has 1 aromatic rings. The Morgan fingerprint density at radius 1 is 1.42 bits per heavy atom. The number of aryl methyl sites for hydroxylation is 1. The van der Waals surface area contributed by atoms with Crippen LogP contribution in [0.1, 0.15) is 18.4 Å². The molecule has 0 spiro atoms. The van der Waals surface area contributed by atoms with Gasteiger partial charge in [0.2, 0.25) is 5.91 Å². The summed E-state index contributed by atoms with van der Waals surface area (Å²) in [5.74, 6) is 0.0784. The molecule has 6 heteroatoms. The minimum absolute atomic E-state index is 0. The first-order valence-electron chi connectivity index (χ1n) is 6.09. The third kappa shape index (κ3) is 5.19. The van der Waals surface area contributed by atoms with E-state index in [-0.39, 0.29) is 24.4 Å². The second-order valence-electron chi connectivity index (χ2n) is 4.49. The molecular weight excluding hydrogens is 307 g/mol. The van der Waals surface area contributed by atoms with Gasteiger partial charge >= 0.3 is 0 Å². The number of amides is 1. The van der Waals surface area contributed by atoms with Crippen molar-refractivity contribution < 1.29 is 4.79 Å². The zero-order valence-electron chi connectivity index (χ0n) is 10.4. The summed E-state index contributed by atoms with van der Waals surface area (Å²) in [5.41, 5.74) is 0.959. The molecule has 0 aromatic heterocycles. The third-order valence-electron chi connectivity index (χ3n) is 3.06. The van der Waals surface area contributed by atoms with Gasteiger partial charge in [0.05, 0.1) is 0 Å². The lowest BCUT2D eigenvalue weighted by molar-refractivity contribution is -0.121. The maximum Gasteiger partial charge on any atom is 0.220 e. The second kappa shape index (κ2) is 7.95. The molecule has 19 heavy (non-hydrogen) atoms. The number of carbonyl (C=O) groups is 1. The van der Waals surface area contributed by atoms with Crippen molar-refractivity contribution in [3.05, 3.63) is 33.8 Å². The van der Waals surface area contributed by atoms with E-state index >= 15 is 0 Å². The molecule has 1 atom stereocenters. The third-order valence-corrected chi connectivity index (χ3v) is 3.65. The average Bonchev–Trinajstić information content (AvgIpc) is 2.80. The fraction of sp³-hybridized carbons (Fsp3) is 0.462. The maximum atomic E-state index is 11.7. The molecule has 3 nitrogen and oxygen atoms in total. The van der Waals surface area contributed by atoms with Crippen LogP contribution >= 0.6 is 35.6 Å². The van der Waals surface area contributed by atoms with Crippen LogP contribution in [0.5, 0.6) is 0 Å². The van der Waals surface area contributed by atoms with E-state index in [2.05, 4.69) is 10.6 Å². The predicted molar refractivity (Wildman–Crippen MR) is 81.4 cm³/mol. The van der Waals surface area contributed by atoms with E-state index in [0.717, 1.165) is 25.1 Å². The normalized spacial score (nSPS) is 17.9. The molecule has 1 saturated heterocycles. The van der Waals surface area contributed by atoms with Gasteiger partial charge in [-0.05, 0) is 37.1 Å². The molecular formula is C13H17Cl3N2O. The Bertz CT molecular complexity index is 434. The Labute approximate surface area is 129 Å². The number of hydrogen-bond donors (Lipinski definition) is 2. The lowest BCUT2D eigenvalue weighted by Crippen LogP contribution is -2.36. The van der Waals surface area contributed by atoms with Crippen molar-refractivity contribution in [1.29, 1.82) is 0 Å². The molecule has 1 aliphatic rings. The van der Waals surface area contributed by atoms with E-state index in [9.17, 15) is 4.79 Å². The highest BCUT2D eigenvalue weighted by atomic mass is 35.5. The van der Waals surface area contributed by atoms with Crippen molar-refractivity contribution >= 4 is 41.5 Å². The summed E-state index contributed by atoms with van der Waals surface area (Å²) in [4.78, 5) is 11.7. The van der Waals surface area contributed by atoms with E-state index in [1.807, 2.05) is 6.07 Å². The van der Waals surface area contributed by atoms with Gasteiger partial charge < -0.3 is 10.6 Å². The van der Waals surface area contributed by atoms with Gasteiger partial charge in [-0.1, -0.05) is 29.3 Å². The predicted octanol–water partition coefficient (Wildman–Crippen LogP) is 2.83. The number of nitrogens with one attached hydrogen (secondary N) is 2. The van der Waals surface area contributed by atoms with Gasteiger partial charge in [0.25, 0.3) is 0 Å². The molecule has 2 rings (SSSR count). The molecule has 1 aromatic carbocycles.